The Kier molecular flexibility index (Phi) is 6.02. The maximum Gasteiger partial charge on any atom is 0.319 e. The van der Waals surface area contributed by atoms with Gasteiger partial charge in [-0.3, -0.25) is 0 Å². The van der Waals surface area contributed by atoms with Crippen molar-refractivity contribution in [2.75, 3.05) is 5.32 Å². The van der Waals surface area contributed by atoms with Crippen molar-refractivity contribution in [1.29, 1.82) is 0 Å². The molecule has 0 spiro atoms. The van der Waals surface area contributed by atoms with E-state index in [2.05, 4.69) is 20.8 Å². The Morgan fingerprint density at radius 2 is 2.04 bits per heavy atom. The Bertz CT molecular complexity index is 725. The largest absolute Gasteiger partial charge is 0.336 e. The molecule has 1 saturated carbocycles. The van der Waals surface area contributed by atoms with Crippen LogP contribution in [0.2, 0.25) is 0 Å². The van der Waals surface area contributed by atoms with E-state index in [-0.39, 0.29) is 24.5 Å². The van der Waals surface area contributed by atoms with Gasteiger partial charge in [0, 0.05) is 17.3 Å². The van der Waals surface area contributed by atoms with E-state index in [1.807, 2.05) is 32.0 Å². The molecule has 1 heterocycles. The number of benzene rings is 1. The van der Waals surface area contributed by atoms with Crippen LogP contribution in [0.25, 0.3) is 11.5 Å². The molecule has 1 fully saturated rings. The molecule has 8 heteroatoms. The van der Waals surface area contributed by atoms with Crippen LogP contribution in [0.1, 0.15) is 45.4 Å². The van der Waals surface area contributed by atoms with Gasteiger partial charge in [-0.1, -0.05) is 24.1 Å². The van der Waals surface area contributed by atoms with Gasteiger partial charge in [0.2, 0.25) is 0 Å². The van der Waals surface area contributed by atoms with Gasteiger partial charge >= 0.3 is 6.03 Å². The standard InChI is InChI=1S/C17H23N5O2.ClH/c1-11(2)19-16(23)20-13-7-5-6-12(10-13)14-21-15(22-24-14)17(18)8-3-4-9-17;/h5-7,10-11H,3-4,8-9,18H2,1-2H3,(H2,19,20,23);1H. The molecule has 0 atom stereocenters. The van der Waals surface area contributed by atoms with Crippen LogP contribution in [0.15, 0.2) is 28.8 Å². The summed E-state index contributed by atoms with van der Waals surface area (Å²) in [6.45, 7) is 3.81. The Hall–Kier alpha value is -2.12. The Morgan fingerprint density at radius 3 is 2.72 bits per heavy atom. The molecule has 0 radical (unpaired) electrons. The quantitative estimate of drug-likeness (QED) is 0.769. The van der Waals surface area contributed by atoms with Gasteiger partial charge in [-0.25, -0.2) is 4.79 Å². The molecule has 1 aliphatic carbocycles. The fourth-order valence-corrected chi connectivity index (χ4v) is 2.93. The molecule has 1 aliphatic rings. The number of hydrogen-bond acceptors (Lipinski definition) is 5. The van der Waals surface area contributed by atoms with Gasteiger partial charge in [0.25, 0.3) is 5.89 Å². The van der Waals surface area contributed by atoms with E-state index in [0.29, 0.717) is 17.4 Å². The number of carbonyl (C=O) groups excluding carboxylic acids is 1. The van der Waals surface area contributed by atoms with E-state index in [9.17, 15) is 4.79 Å². The van der Waals surface area contributed by atoms with E-state index in [0.717, 1.165) is 31.2 Å². The molecule has 2 aromatic rings. The number of nitrogens with one attached hydrogen (secondary N) is 2. The lowest BCUT2D eigenvalue weighted by Gasteiger charge is -2.17. The van der Waals surface area contributed by atoms with Gasteiger partial charge in [-0.15, -0.1) is 12.4 Å². The van der Waals surface area contributed by atoms with Gasteiger partial charge in [-0.05, 0) is 44.9 Å². The topological polar surface area (TPSA) is 106 Å². The van der Waals surface area contributed by atoms with Gasteiger partial charge in [-0.2, -0.15) is 4.98 Å². The highest BCUT2D eigenvalue weighted by atomic mass is 35.5. The first-order valence-corrected chi connectivity index (χ1v) is 8.27. The maximum absolute atomic E-state index is 11.8. The van der Waals surface area contributed by atoms with Crippen molar-refractivity contribution in [3.05, 3.63) is 30.1 Å². The third kappa shape index (κ3) is 4.49. The molecule has 1 aromatic carbocycles. The summed E-state index contributed by atoms with van der Waals surface area (Å²) in [6, 6.07) is 7.12. The average molecular weight is 366 g/mol. The minimum atomic E-state index is -0.477. The fraction of sp³-hybridized carbons (Fsp3) is 0.471. The molecule has 7 nitrogen and oxygen atoms in total. The second kappa shape index (κ2) is 7.84. The van der Waals surface area contributed by atoms with Crippen molar-refractivity contribution in [1.82, 2.24) is 15.5 Å². The minimum absolute atomic E-state index is 0. The smallest absolute Gasteiger partial charge is 0.319 e. The highest BCUT2D eigenvalue weighted by Gasteiger charge is 2.36. The first-order valence-electron chi connectivity index (χ1n) is 8.27. The summed E-state index contributed by atoms with van der Waals surface area (Å²) in [4.78, 5) is 16.3. The molecule has 136 valence electrons. The molecule has 0 aliphatic heterocycles. The lowest BCUT2D eigenvalue weighted by atomic mass is 9.99. The number of rotatable bonds is 4. The molecule has 3 rings (SSSR count). The van der Waals surface area contributed by atoms with Crippen molar-refractivity contribution in [3.8, 4) is 11.5 Å². The molecule has 0 bridgehead atoms. The SMILES string of the molecule is CC(C)NC(=O)Nc1cccc(-c2nc(C3(N)CCCC3)no2)c1.Cl. The Balaban J connectivity index is 0.00000225. The van der Waals surface area contributed by atoms with Crippen molar-refractivity contribution in [3.63, 3.8) is 0 Å². The number of hydrogen-bond donors (Lipinski definition) is 3. The third-order valence-corrected chi connectivity index (χ3v) is 4.15. The number of urea groups is 1. The van der Waals surface area contributed by atoms with E-state index < -0.39 is 5.54 Å². The van der Waals surface area contributed by atoms with Crippen LogP contribution in [0.5, 0.6) is 0 Å². The van der Waals surface area contributed by atoms with Gasteiger partial charge in [0.05, 0.1) is 5.54 Å². The van der Waals surface area contributed by atoms with Gasteiger partial charge in [0.15, 0.2) is 5.82 Å². The number of anilines is 1. The van der Waals surface area contributed by atoms with Crippen LogP contribution in [0.4, 0.5) is 10.5 Å². The molecule has 25 heavy (non-hydrogen) atoms. The normalized spacial score (nSPS) is 15.7. The molecular weight excluding hydrogens is 342 g/mol. The minimum Gasteiger partial charge on any atom is -0.336 e. The summed E-state index contributed by atoms with van der Waals surface area (Å²) < 4.78 is 5.38. The number of nitrogens with two attached hydrogens (primary N) is 1. The predicted octanol–water partition coefficient (Wildman–Crippen LogP) is 3.42. The second-order valence-electron chi connectivity index (χ2n) is 6.62. The predicted molar refractivity (Wildman–Crippen MR) is 98.6 cm³/mol. The molecule has 2 amide bonds. The van der Waals surface area contributed by atoms with Crippen LogP contribution in [-0.4, -0.2) is 22.2 Å². The van der Waals surface area contributed by atoms with Gasteiger partial charge < -0.3 is 20.9 Å². The van der Waals surface area contributed by atoms with Crippen molar-refractivity contribution in [2.24, 2.45) is 5.73 Å². The Labute approximate surface area is 153 Å². The summed E-state index contributed by atoms with van der Waals surface area (Å²) in [7, 11) is 0. The van der Waals surface area contributed by atoms with E-state index in [1.165, 1.54) is 0 Å². The lowest BCUT2D eigenvalue weighted by molar-refractivity contribution is 0.250. The van der Waals surface area contributed by atoms with Crippen LogP contribution < -0.4 is 16.4 Å². The first kappa shape index (κ1) is 19.2. The summed E-state index contributed by atoms with van der Waals surface area (Å²) in [6.07, 6.45) is 3.93. The number of aromatic nitrogens is 2. The van der Waals surface area contributed by atoms with Crippen LogP contribution in [0.3, 0.4) is 0 Å². The van der Waals surface area contributed by atoms with Crippen LogP contribution >= 0.6 is 12.4 Å². The summed E-state index contributed by atoms with van der Waals surface area (Å²) in [5.74, 6) is 0.973. The summed E-state index contributed by atoms with van der Waals surface area (Å²) in [5.41, 5.74) is 7.29. The average Bonchev–Trinajstić information content (AvgIpc) is 3.16. The molecule has 0 unspecified atom stereocenters. The fourth-order valence-electron chi connectivity index (χ4n) is 2.93. The van der Waals surface area contributed by atoms with Crippen molar-refractivity contribution in [2.45, 2.75) is 51.1 Å². The number of carbonyl (C=O) groups is 1. The number of nitrogens with zero attached hydrogens (tertiary/aromatic N) is 2. The molecule has 0 saturated heterocycles. The third-order valence-electron chi connectivity index (χ3n) is 4.15. The van der Waals surface area contributed by atoms with Crippen LogP contribution in [0, 0.1) is 0 Å². The zero-order chi connectivity index (χ0) is 17.2. The summed E-state index contributed by atoms with van der Waals surface area (Å²) in [5, 5.41) is 9.63. The molecule has 1 aromatic heterocycles. The van der Waals surface area contributed by atoms with E-state index in [4.69, 9.17) is 10.3 Å². The molecular formula is C17H24ClN5O2. The first-order chi connectivity index (χ1) is 11.5. The van der Waals surface area contributed by atoms with Crippen molar-refractivity contribution >= 4 is 24.1 Å². The van der Waals surface area contributed by atoms with E-state index >= 15 is 0 Å². The lowest BCUT2D eigenvalue weighted by Crippen LogP contribution is -2.34. The number of amides is 2. The van der Waals surface area contributed by atoms with Gasteiger partial charge in [0.1, 0.15) is 0 Å². The van der Waals surface area contributed by atoms with E-state index in [1.54, 1.807) is 6.07 Å². The van der Waals surface area contributed by atoms with Crippen molar-refractivity contribution < 1.29 is 9.32 Å². The molecule has 4 N–H and O–H groups in total. The summed E-state index contributed by atoms with van der Waals surface area (Å²) >= 11 is 0. The maximum atomic E-state index is 11.8. The second-order valence-corrected chi connectivity index (χ2v) is 6.62. The zero-order valence-corrected chi connectivity index (χ0v) is 15.2. The zero-order valence-electron chi connectivity index (χ0n) is 14.4. The highest BCUT2D eigenvalue weighted by Crippen LogP contribution is 2.35. The highest BCUT2D eigenvalue weighted by molar-refractivity contribution is 5.90. The van der Waals surface area contributed by atoms with Crippen LogP contribution in [-0.2, 0) is 5.54 Å². The monoisotopic (exact) mass is 365 g/mol. The Morgan fingerprint density at radius 1 is 1.32 bits per heavy atom. The number of halogens is 1.